The summed E-state index contributed by atoms with van der Waals surface area (Å²) in [5.41, 5.74) is 3.69. The number of carbonyl (C=O) groups excluding carboxylic acids is 2. The number of hydrogen-bond acceptors (Lipinski definition) is 4. The van der Waals surface area contributed by atoms with Crippen molar-refractivity contribution >= 4 is 11.7 Å². The number of aliphatic hydroxyl groups is 1. The quantitative estimate of drug-likeness (QED) is 0.577. The molecule has 0 saturated heterocycles. The predicted octanol–water partition coefficient (Wildman–Crippen LogP) is -1.26. The second kappa shape index (κ2) is 4.34. The Bertz CT molecular complexity index is 208. The number of rotatable bonds is 4. The molecule has 0 aliphatic carbocycles. The average molecular weight is 188 g/mol. The summed E-state index contributed by atoms with van der Waals surface area (Å²) in [6.07, 6.45) is 0. The lowest BCUT2D eigenvalue weighted by atomic mass is 10.0. The number of carbonyl (C=O) groups is 2. The van der Waals surface area contributed by atoms with Gasteiger partial charge in [-0.3, -0.25) is 9.59 Å². The summed E-state index contributed by atoms with van der Waals surface area (Å²) < 4.78 is 0. The van der Waals surface area contributed by atoms with E-state index >= 15 is 0 Å². The normalized spacial score (nSPS) is 11.2. The van der Waals surface area contributed by atoms with E-state index in [1.54, 1.807) is 0 Å². The van der Waals surface area contributed by atoms with E-state index in [2.05, 4.69) is 0 Å². The van der Waals surface area contributed by atoms with Gasteiger partial charge in [0, 0.05) is 7.05 Å². The molecule has 13 heavy (non-hydrogen) atoms. The molecule has 0 aliphatic rings. The number of nitrogens with zero attached hydrogens (tertiary/aromatic N) is 1. The van der Waals surface area contributed by atoms with E-state index in [1.807, 2.05) is 0 Å². The van der Waals surface area contributed by atoms with Crippen molar-refractivity contribution in [3.8, 4) is 0 Å². The van der Waals surface area contributed by atoms with Gasteiger partial charge in [-0.15, -0.1) is 0 Å². The van der Waals surface area contributed by atoms with Crippen molar-refractivity contribution in [3.63, 3.8) is 0 Å². The lowest BCUT2D eigenvalue weighted by Crippen LogP contribution is -2.43. The Labute approximate surface area is 77.5 Å². The molecule has 3 N–H and O–H groups in total. The summed E-state index contributed by atoms with van der Waals surface area (Å²) in [5, 5.41) is 9.27. The summed E-state index contributed by atoms with van der Waals surface area (Å²) in [4.78, 5) is 23.3. The van der Waals surface area contributed by atoms with E-state index < -0.39 is 11.4 Å². The van der Waals surface area contributed by atoms with Crippen LogP contribution in [0.2, 0.25) is 0 Å². The minimum absolute atomic E-state index is 0.112. The van der Waals surface area contributed by atoms with Crippen LogP contribution in [0.25, 0.3) is 0 Å². The van der Waals surface area contributed by atoms with Crippen LogP contribution < -0.4 is 5.73 Å². The molecular weight excluding hydrogens is 172 g/mol. The van der Waals surface area contributed by atoms with Crippen molar-refractivity contribution in [1.82, 2.24) is 4.90 Å². The maximum atomic E-state index is 11.2. The summed E-state index contributed by atoms with van der Waals surface area (Å²) in [7, 11) is 1.47. The Morgan fingerprint density at radius 2 is 1.92 bits per heavy atom. The Morgan fingerprint density at radius 1 is 1.46 bits per heavy atom. The highest BCUT2D eigenvalue weighted by molar-refractivity contribution is 5.91. The van der Waals surface area contributed by atoms with Crippen molar-refractivity contribution in [3.05, 3.63) is 0 Å². The lowest BCUT2D eigenvalue weighted by molar-refractivity contribution is -0.140. The maximum Gasteiger partial charge on any atom is 0.236 e. The van der Waals surface area contributed by atoms with Crippen LogP contribution in [0.5, 0.6) is 0 Å². The van der Waals surface area contributed by atoms with Crippen LogP contribution in [-0.4, -0.2) is 47.4 Å². The Balaban J connectivity index is 4.15. The number of hydrogen-bond donors (Lipinski definition) is 2. The molecule has 76 valence electrons. The zero-order valence-corrected chi connectivity index (χ0v) is 8.20. The molecule has 0 saturated carbocycles. The first-order valence-corrected chi connectivity index (χ1v) is 3.98. The van der Waals surface area contributed by atoms with E-state index in [9.17, 15) is 14.7 Å². The second-order valence-corrected chi connectivity index (χ2v) is 3.44. The van der Waals surface area contributed by atoms with E-state index in [-0.39, 0.29) is 19.0 Å². The highest BCUT2D eigenvalue weighted by Crippen LogP contribution is 2.03. The third-order valence-electron chi connectivity index (χ3n) is 1.66. The van der Waals surface area contributed by atoms with Crippen molar-refractivity contribution < 1.29 is 14.7 Å². The van der Waals surface area contributed by atoms with Gasteiger partial charge in [-0.05, 0) is 13.8 Å². The van der Waals surface area contributed by atoms with Gasteiger partial charge in [-0.2, -0.15) is 0 Å². The number of nitrogens with two attached hydrogens (primary N) is 1. The molecule has 5 nitrogen and oxygen atoms in total. The molecule has 0 radical (unpaired) electrons. The third kappa shape index (κ3) is 4.00. The van der Waals surface area contributed by atoms with Gasteiger partial charge in [0.05, 0.1) is 13.1 Å². The smallest absolute Gasteiger partial charge is 0.236 e. The van der Waals surface area contributed by atoms with Crippen molar-refractivity contribution in [2.24, 2.45) is 5.73 Å². The Morgan fingerprint density at radius 3 is 2.23 bits per heavy atom. The monoisotopic (exact) mass is 188 g/mol. The first-order chi connectivity index (χ1) is 5.79. The number of ketones is 1. The zero-order valence-electron chi connectivity index (χ0n) is 8.20. The van der Waals surface area contributed by atoms with Crippen LogP contribution in [0.4, 0.5) is 0 Å². The van der Waals surface area contributed by atoms with Crippen LogP contribution >= 0.6 is 0 Å². The highest BCUT2D eigenvalue weighted by Gasteiger charge is 2.25. The SMILES string of the molecule is CN(CC(=O)C(C)(C)O)C(=O)CN. The van der Waals surface area contributed by atoms with Gasteiger partial charge in [-0.1, -0.05) is 0 Å². The number of likely N-dealkylation sites (N-methyl/N-ethyl adjacent to an activating group) is 1. The van der Waals surface area contributed by atoms with Gasteiger partial charge in [0.1, 0.15) is 5.60 Å². The fraction of sp³-hybridized carbons (Fsp3) is 0.750. The van der Waals surface area contributed by atoms with Crippen molar-refractivity contribution in [2.45, 2.75) is 19.4 Å². The van der Waals surface area contributed by atoms with E-state index in [0.717, 1.165) is 0 Å². The Kier molecular flexibility index (Phi) is 4.03. The van der Waals surface area contributed by atoms with Gasteiger partial charge in [0.25, 0.3) is 0 Å². The molecule has 1 amide bonds. The molecule has 5 heteroatoms. The fourth-order valence-electron chi connectivity index (χ4n) is 0.653. The summed E-state index contributed by atoms with van der Waals surface area (Å²) in [5.74, 6) is -0.727. The average Bonchev–Trinajstić information content (AvgIpc) is 2.01. The molecule has 0 atom stereocenters. The predicted molar refractivity (Wildman–Crippen MR) is 48.0 cm³/mol. The van der Waals surface area contributed by atoms with Crippen LogP contribution in [0, 0.1) is 0 Å². The summed E-state index contributed by atoms with van der Waals surface area (Å²) in [6, 6.07) is 0. The number of amides is 1. The highest BCUT2D eigenvalue weighted by atomic mass is 16.3. The molecule has 0 aromatic rings. The van der Waals surface area contributed by atoms with Gasteiger partial charge in [0.15, 0.2) is 5.78 Å². The van der Waals surface area contributed by atoms with E-state index in [0.29, 0.717) is 0 Å². The summed E-state index contributed by atoms with van der Waals surface area (Å²) in [6.45, 7) is 2.53. The molecule has 0 aliphatic heterocycles. The van der Waals surface area contributed by atoms with Crippen molar-refractivity contribution in [1.29, 1.82) is 0 Å². The van der Waals surface area contributed by atoms with E-state index in [4.69, 9.17) is 5.73 Å². The molecule has 0 aromatic heterocycles. The maximum absolute atomic E-state index is 11.2. The molecule has 0 rings (SSSR count). The largest absolute Gasteiger partial charge is 0.383 e. The minimum atomic E-state index is -1.40. The zero-order chi connectivity index (χ0) is 10.6. The topological polar surface area (TPSA) is 83.6 Å². The van der Waals surface area contributed by atoms with Crippen LogP contribution in [-0.2, 0) is 9.59 Å². The molecule has 0 unspecified atom stereocenters. The van der Waals surface area contributed by atoms with Gasteiger partial charge >= 0.3 is 0 Å². The molecule has 0 bridgehead atoms. The summed E-state index contributed by atoms with van der Waals surface area (Å²) >= 11 is 0. The fourth-order valence-corrected chi connectivity index (χ4v) is 0.653. The first kappa shape index (κ1) is 12.1. The van der Waals surface area contributed by atoms with Gasteiger partial charge in [0.2, 0.25) is 5.91 Å². The molecular formula is C8H16N2O3. The molecule has 0 heterocycles. The molecule has 0 fully saturated rings. The first-order valence-electron chi connectivity index (χ1n) is 3.98. The Hall–Kier alpha value is -0.940. The van der Waals surface area contributed by atoms with Crippen LogP contribution in [0.15, 0.2) is 0 Å². The minimum Gasteiger partial charge on any atom is -0.383 e. The van der Waals surface area contributed by atoms with Crippen LogP contribution in [0.3, 0.4) is 0 Å². The lowest BCUT2D eigenvalue weighted by Gasteiger charge is -2.21. The van der Waals surface area contributed by atoms with Gasteiger partial charge < -0.3 is 15.7 Å². The van der Waals surface area contributed by atoms with Gasteiger partial charge in [-0.25, -0.2) is 0 Å². The molecule has 0 spiro atoms. The standard InChI is InChI=1S/C8H16N2O3/c1-8(2,13)6(11)5-10(3)7(12)4-9/h13H,4-5,9H2,1-3H3. The van der Waals surface area contributed by atoms with Crippen molar-refractivity contribution in [2.75, 3.05) is 20.1 Å². The third-order valence-corrected chi connectivity index (χ3v) is 1.66. The van der Waals surface area contributed by atoms with E-state index in [1.165, 1.54) is 25.8 Å². The second-order valence-electron chi connectivity index (χ2n) is 3.44. The number of Topliss-reactive ketones (excluding diaryl/α,β-unsaturated/α-hetero) is 1. The van der Waals surface area contributed by atoms with Crippen LogP contribution in [0.1, 0.15) is 13.8 Å². The molecule has 0 aromatic carbocycles.